The van der Waals surface area contributed by atoms with E-state index in [0.29, 0.717) is 6.04 Å². The molecule has 1 heterocycles. The number of hydrogen-bond acceptors (Lipinski definition) is 3. The van der Waals surface area contributed by atoms with Crippen molar-refractivity contribution in [2.24, 2.45) is 0 Å². The van der Waals surface area contributed by atoms with Crippen LogP contribution in [-0.2, 0) is 0 Å². The molecule has 2 unspecified atom stereocenters. The molecule has 1 fully saturated rings. The summed E-state index contributed by atoms with van der Waals surface area (Å²) >= 11 is 0. The summed E-state index contributed by atoms with van der Waals surface area (Å²) in [5, 5.41) is 9.43. The fraction of sp³-hybridized carbons (Fsp3) is 0.571. The van der Waals surface area contributed by atoms with Gasteiger partial charge in [-0.1, -0.05) is 12.1 Å². The first-order valence-electron chi connectivity index (χ1n) is 6.26. The van der Waals surface area contributed by atoms with E-state index in [9.17, 15) is 5.11 Å². The van der Waals surface area contributed by atoms with Gasteiger partial charge in [-0.15, -0.1) is 0 Å². The number of aliphatic hydroxyl groups excluding tert-OH is 1. The first kappa shape index (κ1) is 12.4. The van der Waals surface area contributed by atoms with Gasteiger partial charge in [-0.25, -0.2) is 0 Å². The average Bonchev–Trinajstić information content (AvgIpc) is 2.32. The number of nitrogens with zero attached hydrogens (tertiary/aromatic N) is 2. The van der Waals surface area contributed by atoms with E-state index in [4.69, 9.17) is 0 Å². The third-order valence-corrected chi connectivity index (χ3v) is 3.76. The van der Waals surface area contributed by atoms with Gasteiger partial charge in [0.1, 0.15) is 0 Å². The second-order valence-corrected chi connectivity index (χ2v) is 5.09. The molecule has 3 nitrogen and oxygen atoms in total. The Morgan fingerprint density at radius 1 is 1.35 bits per heavy atom. The van der Waals surface area contributed by atoms with E-state index in [2.05, 4.69) is 55.0 Å². The van der Waals surface area contributed by atoms with Gasteiger partial charge >= 0.3 is 0 Å². The molecule has 0 saturated carbocycles. The molecular weight excluding hydrogens is 212 g/mol. The van der Waals surface area contributed by atoms with E-state index >= 15 is 0 Å². The lowest BCUT2D eigenvalue weighted by Crippen LogP contribution is -2.57. The molecule has 1 aromatic rings. The normalized spacial score (nSPS) is 26.2. The molecule has 3 heteroatoms. The fourth-order valence-corrected chi connectivity index (χ4v) is 2.49. The highest BCUT2D eigenvalue weighted by atomic mass is 16.3. The van der Waals surface area contributed by atoms with Crippen LogP contribution in [0.4, 0.5) is 5.69 Å². The first-order chi connectivity index (χ1) is 8.11. The smallest absolute Gasteiger partial charge is 0.0604 e. The highest BCUT2D eigenvalue weighted by Crippen LogP contribution is 2.22. The number of piperazine rings is 1. The number of aryl methyl sites for hydroxylation is 1. The lowest BCUT2D eigenvalue weighted by molar-refractivity contribution is 0.0996. The fourth-order valence-electron chi connectivity index (χ4n) is 2.49. The van der Waals surface area contributed by atoms with Gasteiger partial charge in [-0.3, -0.25) is 4.90 Å². The quantitative estimate of drug-likeness (QED) is 0.840. The van der Waals surface area contributed by atoms with Gasteiger partial charge in [-0.05, 0) is 38.6 Å². The summed E-state index contributed by atoms with van der Waals surface area (Å²) in [6, 6.07) is 9.29. The summed E-state index contributed by atoms with van der Waals surface area (Å²) in [4.78, 5) is 4.64. The predicted octanol–water partition coefficient (Wildman–Crippen LogP) is 1.50. The maximum Gasteiger partial charge on any atom is 0.0604 e. The molecule has 2 rings (SSSR count). The molecule has 0 spiro atoms. The Morgan fingerprint density at radius 3 is 2.76 bits per heavy atom. The zero-order valence-corrected chi connectivity index (χ0v) is 10.9. The van der Waals surface area contributed by atoms with Gasteiger partial charge < -0.3 is 10.0 Å². The highest BCUT2D eigenvalue weighted by Gasteiger charge is 2.28. The lowest BCUT2D eigenvalue weighted by atomic mass is 10.1. The third-order valence-electron chi connectivity index (χ3n) is 3.76. The van der Waals surface area contributed by atoms with E-state index in [1.807, 2.05) is 0 Å². The number of rotatable bonds is 2. The van der Waals surface area contributed by atoms with Crippen LogP contribution in [0.15, 0.2) is 24.3 Å². The molecule has 1 N–H and O–H groups in total. The van der Waals surface area contributed by atoms with Gasteiger partial charge in [0.2, 0.25) is 0 Å². The van der Waals surface area contributed by atoms with E-state index in [1.165, 1.54) is 11.3 Å². The van der Waals surface area contributed by atoms with Crippen molar-refractivity contribution in [1.82, 2.24) is 4.90 Å². The third kappa shape index (κ3) is 2.61. The molecule has 2 atom stereocenters. The minimum atomic E-state index is 0.225. The minimum absolute atomic E-state index is 0.225. The Labute approximate surface area is 104 Å². The number of anilines is 1. The Balaban J connectivity index is 2.17. The van der Waals surface area contributed by atoms with Crippen LogP contribution in [0.1, 0.15) is 12.5 Å². The van der Waals surface area contributed by atoms with E-state index < -0.39 is 0 Å². The number of hydrogen-bond donors (Lipinski definition) is 1. The predicted molar refractivity (Wildman–Crippen MR) is 71.5 cm³/mol. The summed E-state index contributed by atoms with van der Waals surface area (Å²) in [7, 11) is 2.10. The molecule has 0 amide bonds. The standard InChI is InChI=1S/C14H22N2O/c1-11-5-4-6-13(7-11)16-8-12(2)15(3)14(9-16)10-17/h4-7,12,14,17H,8-10H2,1-3H3. The van der Waals surface area contributed by atoms with E-state index in [-0.39, 0.29) is 12.6 Å². The first-order valence-corrected chi connectivity index (χ1v) is 6.26. The van der Waals surface area contributed by atoms with Crippen LogP contribution < -0.4 is 4.90 Å². The minimum Gasteiger partial charge on any atom is -0.395 e. The van der Waals surface area contributed by atoms with Crippen molar-refractivity contribution in [3.63, 3.8) is 0 Å². The molecular formula is C14H22N2O. The van der Waals surface area contributed by atoms with Crippen molar-refractivity contribution in [3.05, 3.63) is 29.8 Å². The van der Waals surface area contributed by atoms with Gasteiger partial charge in [-0.2, -0.15) is 0 Å². The monoisotopic (exact) mass is 234 g/mol. The van der Waals surface area contributed by atoms with Crippen molar-refractivity contribution in [3.8, 4) is 0 Å². The Kier molecular flexibility index (Phi) is 3.69. The zero-order valence-electron chi connectivity index (χ0n) is 10.9. The summed E-state index contributed by atoms with van der Waals surface area (Å²) in [5.74, 6) is 0. The Hall–Kier alpha value is -1.06. The number of likely N-dealkylation sites (N-methyl/N-ethyl adjacent to an activating group) is 1. The van der Waals surface area contributed by atoms with E-state index in [1.54, 1.807) is 0 Å². The molecule has 17 heavy (non-hydrogen) atoms. The van der Waals surface area contributed by atoms with Crippen LogP contribution in [0.25, 0.3) is 0 Å². The zero-order chi connectivity index (χ0) is 12.4. The summed E-state index contributed by atoms with van der Waals surface area (Å²) in [6.45, 7) is 6.48. The summed E-state index contributed by atoms with van der Waals surface area (Å²) in [5.41, 5.74) is 2.55. The average molecular weight is 234 g/mol. The maximum absolute atomic E-state index is 9.43. The summed E-state index contributed by atoms with van der Waals surface area (Å²) in [6.07, 6.45) is 0. The van der Waals surface area contributed by atoms with Gasteiger partial charge in [0.15, 0.2) is 0 Å². The number of benzene rings is 1. The van der Waals surface area contributed by atoms with Gasteiger partial charge in [0.25, 0.3) is 0 Å². The topological polar surface area (TPSA) is 26.7 Å². The Bertz CT molecular complexity index is 380. The molecule has 0 radical (unpaired) electrons. The molecule has 0 aromatic heterocycles. The highest BCUT2D eigenvalue weighted by molar-refractivity contribution is 5.49. The molecule has 0 aliphatic carbocycles. The number of aliphatic hydroxyl groups is 1. The second kappa shape index (κ2) is 5.07. The van der Waals surface area contributed by atoms with Crippen LogP contribution >= 0.6 is 0 Å². The molecule has 1 saturated heterocycles. The van der Waals surface area contributed by atoms with Crippen molar-refractivity contribution in [2.45, 2.75) is 25.9 Å². The van der Waals surface area contributed by atoms with E-state index in [0.717, 1.165) is 13.1 Å². The summed E-state index contributed by atoms with van der Waals surface area (Å²) < 4.78 is 0. The van der Waals surface area contributed by atoms with Crippen LogP contribution in [0, 0.1) is 6.92 Å². The van der Waals surface area contributed by atoms with Crippen LogP contribution in [0.5, 0.6) is 0 Å². The molecule has 0 bridgehead atoms. The molecule has 1 aromatic carbocycles. The molecule has 1 aliphatic heterocycles. The molecule has 1 aliphatic rings. The van der Waals surface area contributed by atoms with Crippen LogP contribution in [-0.4, -0.2) is 48.8 Å². The second-order valence-electron chi connectivity index (χ2n) is 5.09. The van der Waals surface area contributed by atoms with Crippen molar-refractivity contribution >= 4 is 5.69 Å². The largest absolute Gasteiger partial charge is 0.395 e. The molecule has 94 valence electrons. The van der Waals surface area contributed by atoms with Crippen molar-refractivity contribution < 1.29 is 5.11 Å². The van der Waals surface area contributed by atoms with Crippen molar-refractivity contribution in [2.75, 3.05) is 31.6 Å². The Morgan fingerprint density at radius 2 is 2.12 bits per heavy atom. The van der Waals surface area contributed by atoms with Crippen LogP contribution in [0.2, 0.25) is 0 Å². The van der Waals surface area contributed by atoms with Crippen LogP contribution in [0.3, 0.4) is 0 Å². The van der Waals surface area contributed by atoms with Gasteiger partial charge in [0.05, 0.1) is 12.6 Å². The van der Waals surface area contributed by atoms with Crippen molar-refractivity contribution in [1.29, 1.82) is 0 Å². The SMILES string of the molecule is Cc1cccc(N2CC(C)N(C)C(CO)C2)c1. The van der Waals surface area contributed by atoms with Gasteiger partial charge in [0, 0.05) is 24.8 Å². The maximum atomic E-state index is 9.43. The lowest BCUT2D eigenvalue weighted by Gasteiger charge is -2.44.